The van der Waals surface area contributed by atoms with Crippen LogP contribution in [0.3, 0.4) is 0 Å². The van der Waals surface area contributed by atoms with Gasteiger partial charge in [0.05, 0.1) is 0 Å². The molecule has 5 rings (SSSR count). The highest BCUT2D eigenvalue weighted by atomic mass is 16.5. The molecule has 31 heavy (non-hydrogen) atoms. The molecule has 0 amide bonds. The Hall–Kier alpha value is -4.19. The van der Waals surface area contributed by atoms with Gasteiger partial charge >= 0.3 is 0 Å². The number of nitrogens with zero attached hydrogens (tertiary/aromatic N) is 3. The lowest BCUT2D eigenvalue weighted by molar-refractivity contribution is 0.484. The van der Waals surface area contributed by atoms with Crippen molar-refractivity contribution in [2.75, 3.05) is 5.32 Å². The number of pyridine rings is 1. The van der Waals surface area contributed by atoms with Crippen LogP contribution in [0.5, 0.6) is 11.5 Å². The molecule has 0 saturated heterocycles. The predicted octanol–water partition coefficient (Wildman–Crippen LogP) is 6.25. The highest BCUT2D eigenvalue weighted by Crippen LogP contribution is 2.30. The molecule has 3 aromatic carbocycles. The van der Waals surface area contributed by atoms with Crippen LogP contribution in [0.4, 0.5) is 5.69 Å². The van der Waals surface area contributed by atoms with Gasteiger partial charge in [-0.1, -0.05) is 36.4 Å². The van der Waals surface area contributed by atoms with E-state index in [4.69, 9.17) is 9.15 Å². The number of aromatic nitrogens is 3. The fourth-order valence-corrected chi connectivity index (χ4v) is 3.32. The van der Waals surface area contributed by atoms with Crippen LogP contribution in [0.25, 0.3) is 22.4 Å². The number of nitrogens with one attached hydrogen (secondary N) is 1. The number of para-hydroxylation sites is 1. The summed E-state index contributed by atoms with van der Waals surface area (Å²) in [6, 6.07) is 27.2. The van der Waals surface area contributed by atoms with Gasteiger partial charge in [-0.3, -0.25) is 4.98 Å². The van der Waals surface area contributed by atoms with Crippen molar-refractivity contribution < 1.29 is 9.15 Å². The van der Waals surface area contributed by atoms with Gasteiger partial charge in [-0.15, -0.1) is 10.2 Å². The predicted molar refractivity (Wildman–Crippen MR) is 120 cm³/mol. The second-order valence-corrected chi connectivity index (χ2v) is 7.14. The Kier molecular flexibility index (Phi) is 5.02. The maximum atomic E-state index is 6.06. The molecule has 2 aromatic heterocycles. The maximum Gasteiger partial charge on any atom is 0.247 e. The van der Waals surface area contributed by atoms with Gasteiger partial charge in [0, 0.05) is 22.8 Å². The van der Waals surface area contributed by atoms with Crippen molar-refractivity contribution in [3.63, 3.8) is 0 Å². The Balaban J connectivity index is 1.28. The first-order chi connectivity index (χ1) is 15.3. The first-order valence-electron chi connectivity index (χ1n) is 10.0. The minimum Gasteiger partial charge on any atom is -0.455 e. The molecule has 1 atom stereocenters. The SMILES string of the molecule is CC(Nc1ccc(Oc2cccc3cccnc23)cc1)c1nnc(-c2ccccc2)o1. The molecule has 2 heterocycles. The van der Waals surface area contributed by atoms with Crippen LogP contribution in [0.15, 0.2) is 95.5 Å². The van der Waals surface area contributed by atoms with Gasteiger partial charge in [0.15, 0.2) is 5.75 Å². The summed E-state index contributed by atoms with van der Waals surface area (Å²) in [5, 5.41) is 12.8. The van der Waals surface area contributed by atoms with E-state index in [1.165, 1.54) is 0 Å². The minimum absolute atomic E-state index is 0.140. The highest BCUT2D eigenvalue weighted by molar-refractivity contribution is 5.84. The molecule has 0 aliphatic carbocycles. The summed E-state index contributed by atoms with van der Waals surface area (Å²) in [6.45, 7) is 1.98. The van der Waals surface area contributed by atoms with E-state index in [1.807, 2.05) is 91.9 Å². The fraction of sp³-hybridized carbons (Fsp3) is 0.0800. The Labute approximate surface area is 179 Å². The second kappa shape index (κ2) is 8.28. The van der Waals surface area contributed by atoms with Crippen molar-refractivity contribution in [3.05, 3.63) is 97.0 Å². The molecule has 0 radical (unpaired) electrons. The fourth-order valence-electron chi connectivity index (χ4n) is 3.32. The van der Waals surface area contributed by atoms with E-state index >= 15 is 0 Å². The second-order valence-electron chi connectivity index (χ2n) is 7.14. The molecule has 0 aliphatic rings. The van der Waals surface area contributed by atoms with Crippen LogP contribution in [-0.2, 0) is 0 Å². The number of ether oxygens (including phenoxy) is 1. The third-order valence-corrected chi connectivity index (χ3v) is 4.89. The lowest BCUT2D eigenvalue weighted by atomic mass is 10.2. The van der Waals surface area contributed by atoms with E-state index < -0.39 is 0 Å². The van der Waals surface area contributed by atoms with Crippen molar-refractivity contribution in [2.24, 2.45) is 0 Å². The average Bonchev–Trinajstić information content (AvgIpc) is 3.32. The van der Waals surface area contributed by atoms with Gasteiger partial charge in [-0.2, -0.15) is 0 Å². The zero-order valence-electron chi connectivity index (χ0n) is 16.9. The van der Waals surface area contributed by atoms with Crippen molar-refractivity contribution in [1.29, 1.82) is 0 Å². The van der Waals surface area contributed by atoms with Crippen LogP contribution < -0.4 is 10.1 Å². The van der Waals surface area contributed by atoms with Gasteiger partial charge in [-0.25, -0.2) is 0 Å². The molecule has 0 aliphatic heterocycles. The third kappa shape index (κ3) is 4.09. The van der Waals surface area contributed by atoms with E-state index in [1.54, 1.807) is 6.20 Å². The van der Waals surface area contributed by atoms with E-state index in [0.717, 1.165) is 33.7 Å². The molecular weight excluding hydrogens is 388 g/mol. The lowest BCUT2D eigenvalue weighted by Crippen LogP contribution is -2.06. The summed E-state index contributed by atoms with van der Waals surface area (Å²) < 4.78 is 11.9. The Bertz CT molecular complexity index is 1290. The summed E-state index contributed by atoms with van der Waals surface area (Å²) in [5.41, 5.74) is 2.67. The van der Waals surface area contributed by atoms with Gasteiger partial charge in [0.1, 0.15) is 17.3 Å². The summed E-state index contributed by atoms with van der Waals surface area (Å²) in [7, 11) is 0. The number of benzene rings is 3. The third-order valence-electron chi connectivity index (χ3n) is 4.89. The molecule has 5 aromatic rings. The number of fused-ring (bicyclic) bond motifs is 1. The van der Waals surface area contributed by atoms with Crippen LogP contribution >= 0.6 is 0 Å². The molecule has 6 nitrogen and oxygen atoms in total. The van der Waals surface area contributed by atoms with E-state index in [9.17, 15) is 0 Å². The number of hydrogen-bond acceptors (Lipinski definition) is 6. The Morgan fingerprint density at radius 3 is 2.48 bits per heavy atom. The largest absolute Gasteiger partial charge is 0.455 e. The standard InChI is InChI=1S/C25H20N4O2/c1-17(24-28-29-25(31-24)19-7-3-2-4-8-19)27-20-12-14-21(15-13-20)30-22-11-5-9-18-10-6-16-26-23(18)22/h2-17,27H,1H3. The van der Waals surface area contributed by atoms with Gasteiger partial charge in [-0.05, 0) is 55.5 Å². The average molecular weight is 408 g/mol. The monoisotopic (exact) mass is 408 g/mol. The highest BCUT2D eigenvalue weighted by Gasteiger charge is 2.15. The summed E-state index contributed by atoms with van der Waals surface area (Å²) in [5.74, 6) is 2.50. The normalized spacial score (nSPS) is 11.9. The van der Waals surface area contributed by atoms with Crippen molar-refractivity contribution in [2.45, 2.75) is 13.0 Å². The topological polar surface area (TPSA) is 73.1 Å². The molecule has 1 N–H and O–H groups in total. The summed E-state index contributed by atoms with van der Waals surface area (Å²) in [6.07, 6.45) is 1.77. The Morgan fingerprint density at radius 1 is 0.839 bits per heavy atom. The zero-order valence-corrected chi connectivity index (χ0v) is 16.9. The zero-order chi connectivity index (χ0) is 21.0. The first-order valence-corrected chi connectivity index (χ1v) is 10.0. The lowest BCUT2D eigenvalue weighted by Gasteiger charge is -2.13. The van der Waals surface area contributed by atoms with Crippen molar-refractivity contribution in [1.82, 2.24) is 15.2 Å². The van der Waals surface area contributed by atoms with E-state index in [2.05, 4.69) is 20.5 Å². The smallest absolute Gasteiger partial charge is 0.247 e. The van der Waals surface area contributed by atoms with Crippen LogP contribution in [0.1, 0.15) is 18.9 Å². The summed E-state index contributed by atoms with van der Waals surface area (Å²) in [4.78, 5) is 4.43. The molecule has 6 heteroatoms. The summed E-state index contributed by atoms with van der Waals surface area (Å²) >= 11 is 0. The molecule has 0 fully saturated rings. The first kappa shape index (κ1) is 18.8. The molecular formula is C25H20N4O2. The van der Waals surface area contributed by atoms with Crippen LogP contribution in [0.2, 0.25) is 0 Å². The van der Waals surface area contributed by atoms with E-state index in [0.29, 0.717) is 11.8 Å². The molecule has 0 spiro atoms. The van der Waals surface area contributed by atoms with Gasteiger partial charge in [0.2, 0.25) is 11.8 Å². The quantitative estimate of drug-likeness (QED) is 0.358. The maximum absolute atomic E-state index is 6.06. The minimum atomic E-state index is -0.140. The van der Waals surface area contributed by atoms with Crippen LogP contribution in [-0.4, -0.2) is 15.2 Å². The molecule has 152 valence electrons. The van der Waals surface area contributed by atoms with Crippen LogP contribution in [0, 0.1) is 0 Å². The molecule has 0 bridgehead atoms. The van der Waals surface area contributed by atoms with Gasteiger partial charge in [0.25, 0.3) is 0 Å². The number of hydrogen-bond donors (Lipinski definition) is 1. The Morgan fingerprint density at radius 2 is 1.65 bits per heavy atom. The number of anilines is 1. The number of rotatable bonds is 6. The van der Waals surface area contributed by atoms with Crippen molar-refractivity contribution in [3.8, 4) is 23.0 Å². The van der Waals surface area contributed by atoms with E-state index in [-0.39, 0.29) is 6.04 Å². The van der Waals surface area contributed by atoms with Gasteiger partial charge < -0.3 is 14.5 Å². The molecule has 1 unspecified atom stereocenters. The molecule has 0 saturated carbocycles. The van der Waals surface area contributed by atoms with Crippen molar-refractivity contribution >= 4 is 16.6 Å².